The summed E-state index contributed by atoms with van der Waals surface area (Å²) >= 11 is 0. The summed E-state index contributed by atoms with van der Waals surface area (Å²) in [5.74, 6) is -1.85. The van der Waals surface area contributed by atoms with Crippen molar-refractivity contribution in [2.75, 3.05) is 27.2 Å². The molecule has 1 aromatic heterocycles. The van der Waals surface area contributed by atoms with Crippen LogP contribution in [0.2, 0.25) is 0 Å². The van der Waals surface area contributed by atoms with Crippen molar-refractivity contribution < 1.29 is 22.4 Å². The molecule has 0 unspecified atom stereocenters. The highest BCUT2D eigenvalue weighted by atomic mass is 35.5. The molecule has 138 valence electrons. The molecule has 1 heterocycles. The number of likely N-dealkylation sites (N-methyl/N-ethyl adjacent to an activating group) is 2. The molecular weight excluding hydrogens is 366 g/mol. The molecule has 0 aliphatic carbocycles. The normalized spacial score (nSPS) is 11.1. The first kappa shape index (κ1) is 20.8. The molecular formula is C14H16ClF4N5O. The molecule has 2 rings (SSSR count). The van der Waals surface area contributed by atoms with Crippen molar-refractivity contribution in [1.82, 2.24) is 25.2 Å². The standard InChI is InChI=1S/C14H15F4N5O.ClH/c1-19-7-8-22(2)13(24)11-12(14(16,17)18)23(21-20-11)10-6-4-3-5-9(10)15;/h3-6,19H,7-8H2,1-2H3;1H. The first-order valence-corrected chi connectivity index (χ1v) is 6.95. The van der Waals surface area contributed by atoms with Gasteiger partial charge < -0.3 is 10.2 Å². The number of halogens is 5. The maximum Gasteiger partial charge on any atom is 0.435 e. The topological polar surface area (TPSA) is 63.1 Å². The van der Waals surface area contributed by atoms with E-state index in [4.69, 9.17) is 0 Å². The van der Waals surface area contributed by atoms with E-state index in [2.05, 4.69) is 15.6 Å². The second kappa shape index (κ2) is 8.26. The molecule has 0 spiro atoms. The van der Waals surface area contributed by atoms with E-state index in [0.29, 0.717) is 11.2 Å². The summed E-state index contributed by atoms with van der Waals surface area (Å²) in [6, 6.07) is 4.82. The van der Waals surface area contributed by atoms with Crippen LogP contribution in [0.15, 0.2) is 24.3 Å². The number of carbonyl (C=O) groups is 1. The lowest BCUT2D eigenvalue weighted by Gasteiger charge is -2.17. The Morgan fingerprint density at radius 3 is 2.52 bits per heavy atom. The fourth-order valence-corrected chi connectivity index (χ4v) is 2.03. The Kier molecular flexibility index (Phi) is 6.88. The summed E-state index contributed by atoms with van der Waals surface area (Å²) in [5.41, 5.74) is -2.72. The maximum atomic E-state index is 13.8. The van der Waals surface area contributed by atoms with Crippen LogP contribution in [-0.2, 0) is 6.18 Å². The van der Waals surface area contributed by atoms with Crippen LogP contribution in [0.1, 0.15) is 16.2 Å². The van der Waals surface area contributed by atoms with E-state index in [-0.39, 0.29) is 19.0 Å². The van der Waals surface area contributed by atoms with Crippen LogP contribution >= 0.6 is 12.4 Å². The average molecular weight is 382 g/mol. The highest BCUT2D eigenvalue weighted by molar-refractivity contribution is 5.93. The number of amides is 1. The molecule has 0 fully saturated rings. The largest absolute Gasteiger partial charge is 0.435 e. The Morgan fingerprint density at radius 2 is 1.96 bits per heavy atom. The van der Waals surface area contributed by atoms with Gasteiger partial charge in [0.2, 0.25) is 0 Å². The minimum atomic E-state index is -4.93. The van der Waals surface area contributed by atoms with Gasteiger partial charge in [-0.15, -0.1) is 17.5 Å². The summed E-state index contributed by atoms with van der Waals surface area (Å²) in [4.78, 5) is 13.3. The Morgan fingerprint density at radius 1 is 1.32 bits per heavy atom. The number of hydrogen-bond donors (Lipinski definition) is 1. The first-order valence-electron chi connectivity index (χ1n) is 6.95. The molecule has 0 bridgehead atoms. The van der Waals surface area contributed by atoms with Gasteiger partial charge in [0.05, 0.1) is 0 Å². The van der Waals surface area contributed by atoms with Crippen LogP contribution in [0, 0.1) is 5.82 Å². The second-order valence-corrected chi connectivity index (χ2v) is 4.98. The van der Waals surface area contributed by atoms with Crippen LogP contribution in [-0.4, -0.2) is 53.0 Å². The minimum Gasteiger partial charge on any atom is -0.339 e. The fraction of sp³-hybridized carbons (Fsp3) is 0.357. The van der Waals surface area contributed by atoms with E-state index >= 15 is 0 Å². The molecule has 0 saturated heterocycles. The van der Waals surface area contributed by atoms with Gasteiger partial charge in [-0.25, -0.2) is 9.07 Å². The second-order valence-electron chi connectivity index (χ2n) is 4.98. The number of carbonyl (C=O) groups excluding carboxylic acids is 1. The van der Waals surface area contributed by atoms with Crippen molar-refractivity contribution >= 4 is 18.3 Å². The number of para-hydroxylation sites is 1. The van der Waals surface area contributed by atoms with Gasteiger partial charge in [-0.3, -0.25) is 4.79 Å². The lowest BCUT2D eigenvalue weighted by Crippen LogP contribution is -2.34. The smallest absolute Gasteiger partial charge is 0.339 e. The van der Waals surface area contributed by atoms with Gasteiger partial charge in [0.15, 0.2) is 11.4 Å². The van der Waals surface area contributed by atoms with Gasteiger partial charge in [0.1, 0.15) is 11.5 Å². The molecule has 1 aromatic carbocycles. The van der Waals surface area contributed by atoms with Gasteiger partial charge in [0, 0.05) is 20.1 Å². The number of nitrogens with zero attached hydrogens (tertiary/aromatic N) is 4. The Labute approximate surface area is 147 Å². The van der Waals surface area contributed by atoms with Gasteiger partial charge in [-0.05, 0) is 19.2 Å². The molecule has 25 heavy (non-hydrogen) atoms. The highest BCUT2D eigenvalue weighted by Crippen LogP contribution is 2.33. The third kappa shape index (κ3) is 4.45. The number of aromatic nitrogens is 3. The molecule has 0 saturated carbocycles. The zero-order valence-corrected chi connectivity index (χ0v) is 14.2. The number of benzene rings is 1. The summed E-state index contributed by atoms with van der Waals surface area (Å²) < 4.78 is 54.4. The van der Waals surface area contributed by atoms with Crippen LogP contribution in [0.5, 0.6) is 0 Å². The molecule has 0 aliphatic rings. The molecule has 1 amide bonds. The highest BCUT2D eigenvalue weighted by Gasteiger charge is 2.42. The van der Waals surface area contributed by atoms with E-state index in [9.17, 15) is 22.4 Å². The zero-order chi connectivity index (χ0) is 17.9. The fourth-order valence-electron chi connectivity index (χ4n) is 2.03. The third-order valence-corrected chi connectivity index (χ3v) is 3.27. The van der Waals surface area contributed by atoms with Crippen molar-refractivity contribution in [1.29, 1.82) is 0 Å². The number of nitrogens with one attached hydrogen (secondary N) is 1. The van der Waals surface area contributed by atoms with Crippen molar-refractivity contribution in [2.24, 2.45) is 0 Å². The SMILES string of the molecule is CNCCN(C)C(=O)c1nnn(-c2ccccc2F)c1C(F)(F)F.Cl. The first-order chi connectivity index (χ1) is 11.3. The summed E-state index contributed by atoms with van der Waals surface area (Å²) in [6.07, 6.45) is -4.93. The van der Waals surface area contributed by atoms with E-state index in [0.717, 1.165) is 17.0 Å². The summed E-state index contributed by atoms with van der Waals surface area (Å²) in [7, 11) is 3.00. The lowest BCUT2D eigenvalue weighted by molar-refractivity contribution is -0.143. The molecule has 6 nitrogen and oxygen atoms in total. The lowest BCUT2D eigenvalue weighted by atomic mass is 10.2. The monoisotopic (exact) mass is 381 g/mol. The van der Waals surface area contributed by atoms with Gasteiger partial charge in [-0.2, -0.15) is 13.2 Å². The molecule has 0 radical (unpaired) electrons. The predicted octanol–water partition coefficient (Wildman–Crippen LogP) is 2.14. The molecule has 2 aromatic rings. The van der Waals surface area contributed by atoms with Gasteiger partial charge in [-0.1, -0.05) is 17.3 Å². The Hall–Kier alpha value is -2.20. The average Bonchev–Trinajstić information content (AvgIpc) is 2.97. The third-order valence-electron chi connectivity index (χ3n) is 3.27. The summed E-state index contributed by atoms with van der Waals surface area (Å²) in [5, 5.41) is 9.47. The summed E-state index contributed by atoms with van der Waals surface area (Å²) in [6.45, 7) is 0.574. The van der Waals surface area contributed by atoms with E-state index in [1.54, 1.807) is 7.05 Å². The molecule has 1 N–H and O–H groups in total. The van der Waals surface area contributed by atoms with Crippen LogP contribution < -0.4 is 5.32 Å². The van der Waals surface area contributed by atoms with Crippen molar-refractivity contribution in [3.05, 3.63) is 41.5 Å². The number of hydrogen-bond acceptors (Lipinski definition) is 4. The number of rotatable bonds is 5. The van der Waals surface area contributed by atoms with Crippen LogP contribution in [0.4, 0.5) is 17.6 Å². The van der Waals surface area contributed by atoms with Crippen LogP contribution in [0.25, 0.3) is 5.69 Å². The quantitative estimate of drug-likeness (QED) is 0.806. The molecule has 0 aliphatic heterocycles. The van der Waals surface area contributed by atoms with Crippen molar-refractivity contribution in [3.8, 4) is 5.69 Å². The maximum absolute atomic E-state index is 13.8. The van der Waals surface area contributed by atoms with E-state index in [1.807, 2.05) is 0 Å². The Bertz CT molecular complexity index is 734. The van der Waals surface area contributed by atoms with E-state index < -0.39 is 35.0 Å². The van der Waals surface area contributed by atoms with Crippen molar-refractivity contribution in [3.63, 3.8) is 0 Å². The van der Waals surface area contributed by atoms with Crippen LogP contribution in [0.3, 0.4) is 0 Å². The van der Waals surface area contributed by atoms with E-state index in [1.165, 1.54) is 19.2 Å². The Balaban J connectivity index is 0.00000312. The molecule has 0 atom stereocenters. The zero-order valence-electron chi connectivity index (χ0n) is 13.3. The number of alkyl halides is 3. The predicted molar refractivity (Wildman–Crippen MR) is 84.5 cm³/mol. The van der Waals surface area contributed by atoms with Crippen molar-refractivity contribution in [2.45, 2.75) is 6.18 Å². The van der Waals surface area contributed by atoms with Gasteiger partial charge >= 0.3 is 6.18 Å². The minimum absolute atomic E-state index is 0. The molecule has 11 heteroatoms. The van der Waals surface area contributed by atoms with Gasteiger partial charge in [0.25, 0.3) is 5.91 Å².